The first-order valence-corrected chi connectivity index (χ1v) is 6.22. The predicted octanol–water partition coefficient (Wildman–Crippen LogP) is 1.35. The molecule has 1 atom stereocenters. The molecular weight excluding hydrogens is 246 g/mol. The van der Waals surface area contributed by atoms with Gasteiger partial charge in [0.2, 0.25) is 0 Å². The molecule has 0 aliphatic rings. The van der Waals surface area contributed by atoms with Crippen LogP contribution in [0.2, 0.25) is 0 Å². The van der Waals surface area contributed by atoms with Crippen molar-refractivity contribution >= 4 is 11.9 Å². The molecule has 0 saturated carbocycles. The zero-order valence-electron chi connectivity index (χ0n) is 11.2. The van der Waals surface area contributed by atoms with Crippen LogP contribution in [0.1, 0.15) is 25.0 Å². The molecule has 0 amide bonds. The zero-order valence-corrected chi connectivity index (χ0v) is 11.2. The molecule has 1 rings (SSSR count). The fourth-order valence-corrected chi connectivity index (χ4v) is 1.57. The lowest BCUT2D eigenvalue weighted by Crippen LogP contribution is -2.34. The van der Waals surface area contributed by atoms with Crippen LogP contribution in [0.5, 0.6) is 0 Å². The van der Waals surface area contributed by atoms with Crippen molar-refractivity contribution < 1.29 is 19.4 Å². The minimum absolute atomic E-state index is 0.0208. The van der Waals surface area contributed by atoms with E-state index in [-0.39, 0.29) is 18.4 Å². The fraction of sp³-hybridized carbons (Fsp3) is 0.429. The van der Waals surface area contributed by atoms with Crippen LogP contribution in [-0.4, -0.2) is 29.7 Å². The van der Waals surface area contributed by atoms with E-state index in [2.05, 4.69) is 5.32 Å². The van der Waals surface area contributed by atoms with E-state index in [1.807, 2.05) is 12.1 Å². The second-order valence-corrected chi connectivity index (χ2v) is 4.24. The van der Waals surface area contributed by atoms with E-state index in [0.29, 0.717) is 13.2 Å². The molecule has 19 heavy (non-hydrogen) atoms. The molecule has 0 aliphatic heterocycles. The van der Waals surface area contributed by atoms with Crippen molar-refractivity contribution in [2.75, 3.05) is 6.61 Å². The molecule has 1 aromatic rings. The monoisotopic (exact) mass is 265 g/mol. The highest BCUT2D eigenvalue weighted by molar-refractivity contribution is 5.75. The smallest absolute Gasteiger partial charge is 0.322 e. The summed E-state index contributed by atoms with van der Waals surface area (Å²) in [5.41, 5.74) is 1.75. The quantitative estimate of drug-likeness (QED) is 0.728. The number of aliphatic carboxylic acids is 1. The SMILES string of the molecule is CCOC(=O)C(C)NCc1ccc(CC(=O)O)cc1. The summed E-state index contributed by atoms with van der Waals surface area (Å²) in [6.07, 6.45) is 0.0208. The molecule has 0 bridgehead atoms. The number of carbonyl (C=O) groups excluding carboxylic acids is 1. The summed E-state index contributed by atoms with van der Waals surface area (Å²) in [6, 6.07) is 6.89. The van der Waals surface area contributed by atoms with Gasteiger partial charge in [0, 0.05) is 6.54 Å². The van der Waals surface area contributed by atoms with E-state index in [1.165, 1.54) is 0 Å². The fourth-order valence-electron chi connectivity index (χ4n) is 1.57. The number of esters is 1. The van der Waals surface area contributed by atoms with Gasteiger partial charge in [-0.15, -0.1) is 0 Å². The van der Waals surface area contributed by atoms with E-state index >= 15 is 0 Å². The van der Waals surface area contributed by atoms with E-state index in [0.717, 1.165) is 11.1 Å². The van der Waals surface area contributed by atoms with E-state index < -0.39 is 5.97 Å². The number of hydrogen-bond acceptors (Lipinski definition) is 4. The Labute approximate surface area is 112 Å². The maximum absolute atomic E-state index is 11.4. The Hall–Kier alpha value is -1.88. The lowest BCUT2D eigenvalue weighted by atomic mass is 10.1. The van der Waals surface area contributed by atoms with Crippen LogP contribution in [0.15, 0.2) is 24.3 Å². The largest absolute Gasteiger partial charge is 0.481 e. The molecular formula is C14H19NO4. The van der Waals surface area contributed by atoms with Gasteiger partial charge in [-0.05, 0) is 25.0 Å². The Morgan fingerprint density at radius 1 is 1.26 bits per heavy atom. The first-order chi connectivity index (χ1) is 9.02. The molecule has 2 N–H and O–H groups in total. The molecule has 0 aliphatic carbocycles. The number of ether oxygens (including phenoxy) is 1. The number of hydrogen-bond donors (Lipinski definition) is 2. The van der Waals surface area contributed by atoms with Gasteiger partial charge >= 0.3 is 11.9 Å². The number of carboxylic acids is 1. The second kappa shape index (κ2) is 7.53. The number of carboxylic acid groups (broad SMARTS) is 1. The summed E-state index contributed by atoms with van der Waals surface area (Å²) in [7, 11) is 0. The van der Waals surface area contributed by atoms with E-state index in [9.17, 15) is 9.59 Å². The van der Waals surface area contributed by atoms with Gasteiger partial charge in [-0.2, -0.15) is 0 Å². The van der Waals surface area contributed by atoms with Crippen LogP contribution in [0.25, 0.3) is 0 Å². The van der Waals surface area contributed by atoms with Crippen molar-refractivity contribution in [2.45, 2.75) is 32.9 Å². The Balaban J connectivity index is 2.45. The first-order valence-electron chi connectivity index (χ1n) is 6.22. The minimum Gasteiger partial charge on any atom is -0.481 e. The predicted molar refractivity (Wildman–Crippen MR) is 70.7 cm³/mol. The normalized spacial score (nSPS) is 11.9. The lowest BCUT2D eigenvalue weighted by Gasteiger charge is -2.12. The summed E-state index contributed by atoms with van der Waals surface area (Å²) < 4.78 is 4.89. The summed E-state index contributed by atoms with van der Waals surface area (Å²) >= 11 is 0. The maximum atomic E-state index is 11.4. The second-order valence-electron chi connectivity index (χ2n) is 4.24. The number of nitrogens with one attached hydrogen (secondary N) is 1. The van der Waals surface area contributed by atoms with Crippen LogP contribution in [0.4, 0.5) is 0 Å². The standard InChI is InChI=1S/C14H19NO4/c1-3-19-14(18)10(2)15-9-12-6-4-11(5-7-12)8-13(16)17/h4-7,10,15H,3,8-9H2,1-2H3,(H,16,17). The topological polar surface area (TPSA) is 75.6 Å². The highest BCUT2D eigenvalue weighted by Gasteiger charge is 2.12. The summed E-state index contributed by atoms with van der Waals surface area (Å²) in [6.45, 7) is 4.42. The number of rotatable bonds is 7. The van der Waals surface area contributed by atoms with Gasteiger partial charge in [0.05, 0.1) is 13.0 Å². The van der Waals surface area contributed by atoms with Crippen LogP contribution in [-0.2, 0) is 27.3 Å². The Bertz CT molecular complexity index is 428. The molecule has 0 saturated heterocycles. The van der Waals surface area contributed by atoms with Crippen molar-refractivity contribution in [3.05, 3.63) is 35.4 Å². The van der Waals surface area contributed by atoms with Gasteiger partial charge < -0.3 is 15.2 Å². The molecule has 1 aromatic carbocycles. The molecule has 0 radical (unpaired) electrons. The van der Waals surface area contributed by atoms with Gasteiger partial charge in [0.15, 0.2) is 0 Å². The van der Waals surface area contributed by atoms with Crippen molar-refractivity contribution in [3.63, 3.8) is 0 Å². The van der Waals surface area contributed by atoms with E-state index in [1.54, 1.807) is 26.0 Å². The van der Waals surface area contributed by atoms with Gasteiger partial charge in [-0.25, -0.2) is 0 Å². The van der Waals surface area contributed by atoms with Crippen molar-refractivity contribution in [2.24, 2.45) is 0 Å². The molecule has 0 fully saturated rings. The first kappa shape index (κ1) is 15.2. The van der Waals surface area contributed by atoms with Crippen LogP contribution < -0.4 is 5.32 Å². The van der Waals surface area contributed by atoms with Gasteiger partial charge in [0.25, 0.3) is 0 Å². The maximum Gasteiger partial charge on any atom is 0.322 e. The molecule has 104 valence electrons. The minimum atomic E-state index is -0.846. The molecule has 1 unspecified atom stereocenters. The third-order valence-corrected chi connectivity index (χ3v) is 2.63. The summed E-state index contributed by atoms with van der Waals surface area (Å²) in [5, 5.41) is 11.7. The molecule has 5 heteroatoms. The Kier molecular flexibility index (Phi) is 6.02. The zero-order chi connectivity index (χ0) is 14.3. The van der Waals surface area contributed by atoms with Gasteiger partial charge in [-0.1, -0.05) is 24.3 Å². The van der Waals surface area contributed by atoms with Crippen LogP contribution >= 0.6 is 0 Å². The average molecular weight is 265 g/mol. The molecule has 0 heterocycles. The van der Waals surface area contributed by atoms with Crippen molar-refractivity contribution in [1.82, 2.24) is 5.32 Å². The third kappa shape index (κ3) is 5.52. The number of carbonyl (C=O) groups is 2. The number of benzene rings is 1. The molecule has 0 aromatic heterocycles. The van der Waals surface area contributed by atoms with Crippen molar-refractivity contribution in [1.29, 1.82) is 0 Å². The van der Waals surface area contributed by atoms with Crippen LogP contribution in [0.3, 0.4) is 0 Å². The Morgan fingerprint density at radius 2 is 1.84 bits per heavy atom. The summed E-state index contributed by atoms with van der Waals surface area (Å²) in [4.78, 5) is 21.9. The van der Waals surface area contributed by atoms with Crippen molar-refractivity contribution in [3.8, 4) is 0 Å². The summed E-state index contributed by atoms with van der Waals surface area (Å²) in [5.74, 6) is -1.12. The molecule has 5 nitrogen and oxygen atoms in total. The Morgan fingerprint density at radius 3 is 2.37 bits per heavy atom. The third-order valence-electron chi connectivity index (χ3n) is 2.63. The highest BCUT2D eigenvalue weighted by Crippen LogP contribution is 2.05. The average Bonchev–Trinajstić information content (AvgIpc) is 2.37. The van der Waals surface area contributed by atoms with Gasteiger partial charge in [-0.3, -0.25) is 9.59 Å². The van der Waals surface area contributed by atoms with Gasteiger partial charge in [0.1, 0.15) is 6.04 Å². The van der Waals surface area contributed by atoms with Crippen LogP contribution in [0, 0.1) is 0 Å². The highest BCUT2D eigenvalue weighted by atomic mass is 16.5. The van der Waals surface area contributed by atoms with E-state index in [4.69, 9.17) is 9.84 Å². The molecule has 0 spiro atoms. The lowest BCUT2D eigenvalue weighted by molar-refractivity contribution is -0.145.